The molecule has 2 aliphatic rings. The molecule has 6 heteroatoms. The molecule has 0 radical (unpaired) electrons. The normalized spacial score (nSPS) is 18.1. The van der Waals surface area contributed by atoms with E-state index in [9.17, 15) is 9.59 Å². The fourth-order valence-electron chi connectivity index (χ4n) is 5.92. The molecular formula is C31H43NO4Si. The second-order valence-corrected chi connectivity index (χ2v) is 15.6. The number of rotatable bonds is 12. The number of nitrogens with zero attached hydrogens (tertiary/aromatic N) is 1. The fraction of sp³-hybridized carbons (Fsp3) is 0.548. The average molecular weight is 522 g/mol. The van der Waals surface area contributed by atoms with Gasteiger partial charge >= 0.3 is 0 Å². The van der Waals surface area contributed by atoms with E-state index in [1.807, 2.05) is 24.3 Å². The largest absolute Gasteiger partial charge is 0.493 e. The number of ether oxygens (including phenoxy) is 1. The highest BCUT2D eigenvalue weighted by atomic mass is 28.4. The molecule has 0 spiro atoms. The zero-order valence-electron chi connectivity index (χ0n) is 23.0. The number of imide groups is 1. The minimum absolute atomic E-state index is 0.0627. The van der Waals surface area contributed by atoms with Crippen LogP contribution in [0, 0.1) is 11.8 Å². The van der Waals surface area contributed by atoms with Crippen molar-refractivity contribution in [3.05, 3.63) is 65.2 Å². The van der Waals surface area contributed by atoms with Gasteiger partial charge in [-0.25, -0.2) is 0 Å². The number of carbonyl (C=O) groups excluding carboxylic acids is 2. The highest BCUT2D eigenvalue weighted by Gasteiger charge is 2.39. The van der Waals surface area contributed by atoms with Crippen molar-refractivity contribution in [2.75, 3.05) is 13.2 Å². The monoisotopic (exact) mass is 521 g/mol. The minimum atomic E-state index is -1.97. The van der Waals surface area contributed by atoms with Crippen LogP contribution >= 0.6 is 0 Å². The summed E-state index contributed by atoms with van der Waals surface area (Å²) in [6.45, 7) is 9.88. The van der Waals surface area contributed by atoms with E-state index < -0.39 is 8.32 Å². The Morgan fingerprint density at radius 3 is 2.11 bits per heavy atom. The van der Waals surface area contributed by atoms with E-state index in [2.05, 4.69) is 39.8 Å². The lowest BCUT2D eigenvalue weighted by Gasteiger charge is -2.37. The zero-order chi connectivity index (χ0) is 26.4. The van der Waals surface area contributed by atoms with Gasteiger partial charge in [-0.2, -0.15) is 0 Å². The second-order valence-electron chi connectivity index (χ2n) is 10.9. The van der Waals surface area contributed by atoms with Gasteiger partial charge in [0.25, 0.3) is 11.8 Å². The van der Waals surface area contributed by atoms with E-state index in [1.54, 1.807) is 12.1 Å². The average Bonchev–Trinajstić information content (AvgIpc) is 3.18. The number of hydrogen-bond donors (Lipinski definition) is 0. The van der Waals surface area contributed by atoms with Gasteiger partial charge in [-0.3, -0.25) is 14.5 Å². The summed E-state index contributed by atoms with van der Waals surface area (Å²) >= 11 is 0. The molecule has 2 atom stereocenters. The van der Waals surface area contributed by atoms with Gasteiger partial charge in [0.05, 0.1) is 23.8 Å². The molecule has 5 nitrogen and oxygen atoms in total. The first-order chi connectivity index (χ1) is 17.9. The van der Waals surface area contributed by atoms with Crippen LogP contribution in [0.5, 0.6) is 5.75 Å². The third kappa shape index (κ3) is 6.18. The number of fused-ring (bicyclic) bond motifs is 1. The Balaban J connectivity index is 1.56. The molecule has 1 saturated carbocycles. The summed E-state index contributed by atoms with van der Waals surface area (Å²) in [6, 6.07) is 18.5. The van der Waals surface area contributed by atoms with Crippen molar-refractivity contribution in [3.63, 3.8) is 0 Å². The molecule has 1 aliphatic heterocycles. The number of hydrogen-bond acceptors (Lipinski definition) is 4. The van der Waals surface area contributed by atoms with E-state index in [0.29, 0.717) is 23.6 Å². The molecule has 200 valence electrons. The minimum Gasteiger partial charge on any atom is -0.493 e. The lowest BCUT2D eigenvalue weighted by Crippen LogP contribution is -2.42. The Bertz CT molecular complexity index is 1030. The van der Waals surface area contributed by atoms with Crippen LogP contribution in [-0.4, -0.2) is 38.2 Å². The van der Waals surface area contributed by atoms with Gasteiger partial charge in [-0.05, 0) is 66.7 Å². The smallest absolute Gasteiger partial charge is 0.261 e. The van der Waals surface area contributed by atoms with Crippen LogP contribution < -0.4 is 4.74 Å². The molecule has 2 aromatic rings. The molecule has 0 bridgehead atoms. The van der Waals surface area contributed by atoms with Crippen LogP contribution in [0.2, 0.25) is 18.1 Å². The van der Waals surface area contributed by atoms with Crippen LogP contribution in [-0.2, 0) is 4.43 Å². The van der Waals surface area contributed by atoms with Crippen LogP contribution in [0.4, 0.5) is 0 Å². The van der Waals surface area contributed by atoms with Gasteiger partial charge in [0.15, 0.2) is 8.32 Å². The molecular weight excluding hydrogens is 478 g/mol. The van der Waals surface area contributed by atoms with Crippen molar-refractivity contribution in [3.8, 4) is 5.75 Å². The van der Waals surface area contributed by atoms with Gasteiger partial charge in [0, 0.05) is 12.5 Å². The molecule has 2 aromatic carbocycles. The van der Waals surface area contributed by atoms with E-state index in [4.69, 9.17) is 9.16 Å². The van der Waals surface area contributed by atoms with Gasteiger partial charge in [0.1, 0.15) is 5.75 Å². The Hall–Kier alpha value is -2.44. The number of amides is 2. The molecule has 1 aliphatic carbocycles. The second kappa shape index (κ2) is 12.4. The van der Waals surface area contributed by atoms with Crippen molar-refractivity contribution >= 4 is 20.1 Å². The van der Waals surface area contributed by atoms with Crippen LogP contribution in [0.25, 0.3) is 0 Å². The lowest BCUT2D eigenvalue weighted by atomic mass is 9.90. The van der Waals surface area contributed by atoms with Gasteiger partial charge < -0.3 is 9.16 Å². The third-order valence-corrected chi connectivity index (χ3v) is 13.2. The summed E-state index contributed by atoms with van der Waals surface area (Å²) in [5.74, 6) is 1.03. The van der Waals surface area contributed by atoms with Crippen LogP contribution in [0.15, 0.2) is 48.5 Å². The molecule has 1 heterocycles. The highest BCUT2D eigenvalue weighted by molar-refractivity contribution is 6.73. The lowest BCUT2D eigenvalue weighted by molar-refractivity contribution is 0.0555. The van der Waals surface area contributed by atoms with Crippen LogP contribution in [0.1, 0.15) is 92.2 Å². The molecule has 1 fully saturated rings. The van der Waals surface area contributed by atoms with Crippen LogP contribution in [0.3, 0.4) is 0 Å². The molecule has 4 rings (SSSR count). The first-order valence-corrected chi connectivity index (χ1v) is 16.8. The Morgan fingerprint density at radius 2 is 1.51 bits per heavy atom. The summed E-state index contributed by atoms with van der Waals surface area (Å²) in [7, 11) is -1.97. The molecule has 37 heavy (non-hydrogen) atoms. The number of carbonyl (C=O) groups is 2. The van der Waals surface area contributed by atoms with Crippen molar-refractivity contribution in [2.45, 2.75) is 84.0 Å². The Labute approximate surface area is 223 Å². The SMILES string of the molecule is CC[Si](CC)(CC)OC(c1cccc(OCC2CCCCC2)c1)C(C)CN1C(=O)c2ccccc2C1=O. The summed E-state index contributed by atoms with van der Waals surface area (Å²) < 4.78 is 13.3. The molecule has 2 unspecified atom stereocenters. The fourth-order valence-corrected chi connectivity index (χ4v) is 8.83. The molecule has 0 N–H and O–H groups in total. The van der Waals surface area contributed by atoms with Crippen molar-refractivity contribution in [2.24, 2.45) is 11.8 Å². The first-order valence-electron chi connectivity index (χ1n) is 14.3. The maximum Gasteiger partial charge on any atom is 0.261 e. The van der Waals surface area contributed by atoms with Gasteiger partial charge in [0.2, 0.25) is 0 Å². The highest BCUT2D eigenvalue weighted by Crippen LogP contribution is 2.37. The maximum absolute atomic E-state index is 13.1. The number of benzene rings is 2. The van der Waals surface area contributed by atoms with E-state index >= 15 is 0 Å². The predicted octanol–water partition coefficient (Wildman–Crippen LogP) is 7.64. The summed E-state index contributed by atoms with van der Waals surface area (Å²) in [4.78, 5) is 27.6. The predicted molar refractivity (Wildman–Crippen MR) is 151 cm³/mol. The van der Waals surface area contributed by atoms with Crippen molar-refractivity contribution < 1.29 is 18.8 Å². The van der Waals surface area contributed by atoms with Gasteiger partial charge in [-0.15, -0.1) is 0 Å². The Kier molecular flexibility index (Phi) is 9.25. The van der Waals surface area contributed by atoms with E-state index in [1.165, 1.54) is 37.0 Å². The topological polar surface area (TPSA) is 55.8 Å². The maximum atomic E-state index is 13.1. The molecule has 0 aromatic heterocycles. The van der Waals surface area contributed by atoms with Crippen molar-refractivity contribution in [1.82, 2.24) is 4.90 Å². The molecule has 2 amide bonds. The summed E-state index contributed by atoms with van der Waals surface area (Å²) in [5.41, 5.74) is 2.06. The van der Waals surface area contributed by atoms with Gasteiger partial charge in [-0.1, -0.05) is 71.2 Å². The Morgan fingerprint density at radius 1 is 0.892 bits per heavy atom. The van der Waals surface area contributed by atoms with E-state index in [0.717, 1.165) is 36.1 Å². The van der Waals surface area contributed by atoms with E-state index in [-0.39, 0.29) is 23.8 Å². The summed E-state index contributed by atoms with van der Waals surface area (Å²) in [6.07, 6.45) is 6.23. The third-order valence-electron chi connectivity index (χ3n) is 8.57. The summed E-state index contributed by atoms with van der Waals surface area (Å²) in [5, 5.41) is 0. The first kappa shape index (κ1) is 27.6. The zero-order valence-corrected chi connectivity index (χ0v) is 24.0. The molecule has 0 saturated heterocycles. The quantitative estimate of drug-likeness (QED) is 0.213. The van der Waals surface area contributed by atoms with Crippen molar-refractivity contribution in [1.29, 1.82) is 0 Å². The standard InChI is InChI=1S/C31H43NO4Si/c1-5-37(6-2,7-3)36-29(23(4)21-32-30(33)27-18-11-12-19-28(27)31(32)34)25-16-13-17-26(20-25)35-22-24-14-9-8-10-15-24/h11-13,16-20,23-24,29H,5-10,14-15,21-22H2,1-4H3.